The van der Waals surface area contributed by atoms with Crippen LogP contribution in [0.3, 0.4) is 0 Å². The Hall–Kier alpha value is 0.470. The number of alkyl halides is 1. The summed E-state index contributed by atoms with van der Waals surface area (Å²) in [5.74, 6) is 2.69. The number of aryl methyl sites for hydroxylation is 1. The van der Waals surface area contributed by atoms with E-state index in [2.05, 4.69) is 28.9 Å². The topological polar surface area (TPSA) is 0 Å². The van der Waals surface area contributed by atoms with Gasteiger partial charge in [-0.3, -0.25) is 0 Å². The maximum Gasteiger partial charge on any atom is 0.0712 e. The van der Waals surface area contributed by atoms with Gasteiger partial charge < -0.3 is 0 Å². The zero-order chi connectivity index (χ0) is 10.6. The van der Waals surface area contributed by atoms with E-state index in [0.717, 1.165) is 17.8 Å². The van der Waals surface area contributed by atoms with Gasteiger partial charge in [0.15, 0.2) is 0 Å². The zero-order valence-electron chi connectivity index (χ0n) is 8.67. The Balaban J connectivity index is 1.77. The lowest BCUT2D eigenvalue weighted by molar-refractivity contribution is 0.577. The van der Waals surface area contributed by atoms with Gasteiger partial charge in [0.2, 0.25) is 0 Å². The van der Waals surface area contributed by atoms with Gasteiger partial charge >= 0.3 is 0 Å². The predicted molar refractivity (Wildman–Crippen MR) is 69.7 cm³/mol. The van der Waals surface area contributed by atoms with Gasteiger partial charge in [0.25, 0.3) is 0 Å². The second-order valence-corrected chi connectivity index (χ2v) is 7.40. The molecule has 15 heavy (non-hydrogen) atoms. The standard InChI is InChI=1S/C12H14BrClS/c1-6-9(13)5-10(15-6)12(14)11-7-3-2-4-8(7)11/h5,7-8,11-12H,2-4H2,1H3. The van der Waals surface area contributed by atoms with Crippen LogP contribution in [-0.4, -0.2) is 0 Å². The van der Waals surface area contributed by atoms with Gasteiger partial charge in [-0.25, -0.2) is 0 Å². The molecule has 2 aliphatic rings. The number of halogens is 2. The number of thiophene rings is 1. The van der Waals surface area contributed by atoms with E-state index in [1.54, 1.807) is 0 Å². The summed E-state index contributed by atoms with van der Waals surface area (Å²) in [5, 5.41) is 0.273. The molecule has 82 valence electrons. The summed E-state index contributed by atoms with van der Waals surface area (Å²) < 4.78 is 1.22. The molecule has 1 aromatic rings. The fourth-order valence-electron chi connectivity index (χ4n) is 3.12. The van der Waals surface area contributed by atoms with Gasteiger partial charge in [-0.2, -0.15) is 0 Å². The normalized spacial score (nSPS) is 35.3. The van der Waals surface area contributed by atoms with E-state index in [4.69, 9.17) is 11.6 Å². The van der Waals surface area contributed by atoms with Crippen molar-refractivity contribution in [3.05, 3.63) is 20.3 Å². The highest BCUT2D eigenvalue weighted by Crippen LogP contribution is 2.64. The molecule has 1 aromatic heterocycles. The molecule has 2 aliphatic carbocycles. The first kappa shape index (κ1) is 10.6. The molecule has 0 N–H and O–H groups in total. The van der Waals surface area contributed by atoms with Crippen LogP contribution in [0.5, 0.6) is 0 Å². The largest absolute Gasteiger partial charge is 0.143 e. The molecule has 3 rings (SSSR count). The molecule has 1 heterocycles. The van der Waals surface area contributed by atoms with Crippen molar-refractivity contribution in [1.82, 2.24) is 0 Å². The monoisotopic (exact) mass is 304 g/mol. The number of rotatable bonds is 2. The Morgan fingerprint density at radius 3 is 2.67 bits per heavy atom. The number of fused-ring (bicyclic) bond motifs is 1. The average Bonchev–Trinajstić information content (AvgIpc) is 2.59. The quantitative estimate of drug-likeness (QED) is 0.663. The fraction of sp³-hybridized carbons (Fsp3) is 0.667. The SMILES string of the molecule is Cc1sc(C(Cl)C2C3CCCC32)cc1Br. The molecule has 0 aromatic carbocycles. The van der Waals surface area contributed by atoms with Crippen LogP contribution >= 0.6 is 38.9 Å². The summed E-state index contributed by atoms with van der Waals surface area (Å²) in [6.45, 7) is 2.15. The first-order valence-electron chi connectivity index (χ1n) is 5.58. The van der Waals surface area contributed by atoms with Gasteiger partial charge in [0.1, 0.15) is 0 Å². The average molecular weight is 306 g/mol. The van der Waals surface area contributed by atoms with E-state index in [-0.39, 0.29) is 5.38 Å². The smallest absolute Gasteiger partial charge is 0.0712 e. The summed E-state index contributed by atoms with van der Waals surface area (Å²) in [6, 6.07) is 2.21. The summed E-state index contributed by atoms with van der Waals surface area (Å²) in [6.07, 6.45) is 4.27. The lowest BCUT2D eigenvalue weighted by Gasteiger charge is -2.08. The van der Waals surface area contributed by atoms with Crippen molar-refractivity contribution < 1.29 is 0 Å². The molecular weight excluding hydrogens is 292 g/mol. The number of hydrogen-bond donors (Lipinski definition) is 0. The van der Waals surface area contributed by atoms with Crippen LogP contribution < -0.4 is 0 Å². The van der Waals surface area contributed by atoms with Crippen molar-refractivity contribution in [3.8, 4) is 0 Å². The minimum Gasteiger partial charge on any atom is -0.143 e. The Morgan fingerprint density at radius 1 is 1.47 bits per heavy atom. The van der Waals surface area contributed by atoms with Crippen molar-refractivity contribution in [1.29, 1.82) is 0 Å². The summed E-state index contributed by atoms with van der Waals surface area (Å²) >= 11 is 12.0. The Morgan fingerprint density at radius 2 is 2.13 bits per heavy atom. The molecule has 0 saturated heterocycles. The molecule has 3 atom stereocenters. The van der Waals surface area contributed by atoms with Gasteiger partial charge in [0, 0.05) is 14.2 Å². The molecule has 3 unspecified atom stereocenters. The fourth-order valence-corrected chi connectivity index (χ4v) is 5.29. The van der Waals surface area contributed by atoms with E-state index >= 15 is 0 Å². The summed E-state index contributed by atoms with van der Waals surface area (Å²) in [5.41, 5.74) is 0. The van der Waals surface area contributed by atoms with Gasteiger partial charge in [-0.05, 0) is 59.5 Å². The molecule has 0 amide bonds. The highest BCUT2D eigenvalue weighted by molar-refractivity contribution is 9.10. The maximum atomic E-state index is 6.58. The maximum absolute atomic E-state index is 6.58. The van der Waals surface area contributed by atoms with Crippen molar-refractivity contribution in [2.75, 3.05) is 0 Å². The Labute approximate surface area is 108 Å². The molecule has 0 radical (unpaired) electrons. The highest BCUT2D eigenvalue weighted by atomic mass is 79.9. The second kappa shape index (κ2) is 3.75. The molecule has 0 spiro atoms. The third-order valence-electron chi connectivity index (χ3n) is 3.96. The van der Waals surface area contributed by atoms with E-state index in [1.807, 2.05) is 11.3 Å². The first-order valence-corrected chi connectivity index (χ1v) is 7.63. The predicted octanol–water partition coefficient (Wildman–Crippen LogP) is 5.15. The molecule has 0 bridgehead atoms. The van der Waals surface area contributed by atoms with Gasteiger partial charge in [-0.1, -0.05) is 6.42 Å². The van der Waals surface area contributed by atoms with E-state index in [9.17, 15) is 0 Å². The van der Waals surface area contributed by atoms with Crippen molar-refractivity contribution >= 4 is 38.9 Å². The molecule has 2 fully saturated rings. The van der Waals surface area contributed by atoms with E-state index in [1.165, 1.54) is 33.5 Å². The van der Waals surface area contributed by atoms with Crippen molar-refractivity contribution in [3.63, 3.8) is 0 Å². The van der Waals surface area contributed by atoms with Crippen LogP contribution in [0.15, 0.2) is 10.5 Å². The van der Waals surface area contributed by atoms with Crippen LogP contribution in [0.1, 0.15) is 34.4 Å². The van der Waals surface area contributed by atoms with Crippen LogP contribution in [0.4, 0.5) is 0 Å². The number of hydrogen-bond acceptors (Lipinski definition) is 1. The van der Waals surface area contributed by atoms with Gasteiger partial charge in [0.05, 0.1) is 5.38 Å². The van der Waals surface area contributed by atoms with E-state index in [0.29, 0.717) is 0 Å². The van der Waals surface area contributed by atoms with Crippen LogP contribution in [-0.2, 0) is 0 Å². The van der Waals surface area contributed by atoms with Crippen LogP contribution in [0, 0.1) is 24.7 Å². The van der Waals surface area contributed by atoms with Crippen molar-refractivity contribution in [2.45, 2.75) is 31.6 Å². The molecular formula is C12H14BrClS. The molecule has 0 aliphatic heterocycles. The lowest BCUT2D eigenvalue weighted by atomic mass is 10.1. The Bertz CT molecular complexity index is 357. The highest BCUT2D eigenvalue weighted by Gasteiger charge is 2.55. The lowest BCUT2D eigenvalue weighted by Crippen LogP contribution is -1.95. The summed E-state index contributed by atoms with van der Waals surface area (Å²) in [4.78, 5) is 2.71. The zero-order valence-corrected chi connectivity index (χ0v) is 11.8. The second-order valence-electron chi connectivity index (χ2n) is 4.79. The minimum atomic E-state index is 0.273. The van der Waals surface area contributed by atoms with E-state index < -0.39 is 0 Å². The van der Waals surface area contributed by atoms with Crippen molar-refractivity contribution in [2.24, 2.45) is 17.8 Å². The molecule has 2 saturated carbocycles. The minimum absolute atomic E-state index is 0.273. The Kier molecular flexibility index (Phi) is 2.65. The van der Waals surface area contributed by atoms with Gasteiger partial charge in [-0.15, -0.1) is 22.9 Å². The molecule has 3 heteroatoms. The third-order valence-corrected chi connectivity index (χ3v) is 6.83. The summed E-state index contributed by atoms with van der Waals surface area (Å²) in [7, 11) is 0. The third kappa shape index (κ3) is 1.69. The van der Waals surface area contributed by atoms with Crippen LogP contribution in [0.25, 0.3) is 0 Å². The molecule has 0 nitrogen and oxygen atoms in total. The first-order chi connectivity index (χ1) is 7.18. The van der Waals surface area contributed by atoms with Crippen LogP contribution in [0.2, 0.25) is 0 Å².